The van der Waals surface area contributed by atoms with Crippen LogP contribution in [0.5, 0.6) is 0 Å². The third kappa shape index (κ3) is 1.07. The number of H-pyrrole nitrogens is 2. The summed E-state index contributed by atoms with van der Waals surface area (Å²) in [5, 5.41) is 4.32. The van der Waals surface area contributed by atoms with E-state index in [1.54, 1.807) is 6.92 Å². The zero-order chi connectivity index (χ0) is 6.85. The number of nitrogens with one attached hydrogen (secondary N) is 2. The molecule has 0 fully saturated rings. The molecular weight excluding hydrogens is 120 g/mol. The van der Waals surface area contributed by atoms with E-state index in [-0.39, 0.29) is 11.1 Å². The normalized spacial score (nSPS) is 9.44. The first kappa shape index (κ1) is 5.81. The summed E-state index contributed by atoms with van der Waals surface area (Å²) in [7, 11) is 0. The topological polar surface area (TPSA) is 65.7 Å². The molecule has 1 rings (SSSR count). The Morgan fingerprint density at radius 3 is 2.44 bits per heavy atom. The van der Waals surface area contributed by atoms with Crippen molar-refractivity contribution in [3.63, 3.8) is 0 Å². The molecule has 0 amide bonds. The maximum Gasteiger partial charge on any atom is 0.265 e. The van der Waals surface area contributed by atoms with Gasteiger partial charge in [-0.1, -0.05) is 0 Å². The molecule has 0 aliphatic rings. The lowest BCUT2D eigenvalue weighted by Gasteiger charge is -1.84. The minimum atomic E-state index is -0.285. The van der Waals surface area contributed by atoms with Crippen LogP contribution in [0, 0.1) is 6.92 Å². The van der Waals surface area contributed by atoms with Gasteiger partial charge in [-0.05, 0) is 6.92 Å². The SMILES string of the molecule is Cc1cc(=O)[nH][nH]c1=O. The van der Waals surface area contributed by atoms with Gasteiger partial charge in [0.25, 0.3) is 11.1 Å². The van der Waals surface area contributed by atoms with E-state index in [1.807, 2.05) is 0 Å². The fraction of sp³-hybridized carbons (Fsp3) is 0.200. The summed E-state index contributed by atoms with van der Waals surface area (Å²) < 4.78 is 0. The minimum Gasteiger partial charge on any atom is -0.268 e. The van der Waals surface area contributed by atoms with Gasteiger partial charge in [-0.25, -0.2) is 0 Å². The van der Waals surface area contributed by atoms with Crippen molar-refractivity contribution in [2.24, 2.45) is 0 Å². The third-order valence-corrected chi connectivity index (χ3v) is 1.00. The van der Waals surface area contributed by atoms with E-state index in [1.165, 1.54) is 6.07 Å². The van der Waals surface area contributed by atoms with Gasteiger partial charge in [-0.15, -0.1) is 0 Å². The van der Waals surface area contributed by atoms with Gasteiger partial charge in [0, 0.05) is 11.6 Å². The maximum absolute atomic E-state index is 10.5. The first-order chi connectivity index (χ1) is 4.20. The zero-order valence-electron chi connectivity index (χ0n) is 4.89. The Balaban J connectivity index is 3.52. The zero-order valence-corrected chi connectivity index (χ0v) is 4.89. The van der Waals surface area contributed by atoms with Crippen molar-refractivity contribution in [2.45, 2.75) is 6.92 Å². The number of aromatic nitrogens is 2. The van der Waals surface area contributed by atoms with E-state index in [0.29, 0.717) is 5.56 Å². The molecule has 48 valence electrons. The molecule has 0 bridgehead atoms. The summed E-state index contributed by atoms with van der Waals surface area (Å²) in [6.45, 7) is 1.58. The van der Waals surface area contributed by atoms with E-state index in [4.69, 9.17) is 0 Å². The second-order valence-electron chi connectivity index (χ2n) is 1.77. The highest BCUT2D eigenvalue weighted by Crippen LogP contribution is 1.72. The highest BCUT2D eigenvalue weighted by molar-refractivity contribution is 5.01. The predicted molar refractivity (Wildman–Crippen MR) is 32.4 cm³/mol. The molecule has 0 spiro atoms. The van der Waals surface area contributed by atoms with Gasteiger partial charge in [-0.3, -0.25) is 19.8 Å². The lowest BCUT2D eigenvalue weighted by molar-refractivity contribution is 0.934. The number of rotatable bonds is 0. The van der Waals surface area contributed by atoms with Gasteiger partial charge in [0.15, 0.2) is 0 Å². The van der Waals surface area contributed by atoms with E-state index in [2.05, 4.69) is 10.2 Å². The second-order valence-corrected chi connectivity index (χ2v) is 1.77. The van der Waals surface area contributed by atoms with Crippen molar-refractivity contribution < 1.29 is 0 Å². The standard InChI is InChI=1S/C5H6N2O2/c1-3-2-4(8)6-7-5(3)9/h2H,1H3,(H,6,8)(H,7,9). The Morgan fingerprint density at radius 2 is 2.00 bits per heavy atom. The molecule has 9 heavy (non-hydrogen) atoms. The molecule has 0 radical (unpaired) electrons. The minimum absolute atomic E-state index is 0.255. The number of aromatic amines is 2. The smallest absolute Gasteiger partial charge is 0.265 e. The molecule has 0 aliphatic carbocycles. The fourth-order valence-corrected chi connectivity index (χ4v) is 0.515. The lowest BCUT2D eigenvalue weighted by atomic mass is 10.3. The quantitative estimate of drug-likeness (QED) is 0.486. The monoisotopic (exact) mass is 126 g/mol. The predicted octanol–water partition coefficient (Wildman–Crippen LogP) is -0.628. The largest absolute Gasteiger partial charge is 0.268 e. The molecule has 4 heteroatoms. The summed E-state index contributed by atoms with van der Waals surface area (Å²) in [5.41, 5.74) is -0.111. The van der Waals surface area contributed by atoms with Crippen LogP contribution in [0.2, 0.25) is 0 Å². The van der Waals surface area contributed by atoms with Gasteiger partial charge in [0.1, 0.15) is 0 Å². The van der Waals surface area contributed by atoms with Crippen molar-refractivity contribution in [3.8, 4) is 0 Å². The highest BCUT2D eigenvalue weighted by Gasteiger charge is 1.89. The fourth-order valence-electron chi connectivity index (χ4n) is 0.515. The Morgan fingerprint density at radius 1 is 1.33 bits per heavy atom. The van der Waals surface area contributed by atoms with Gasteiger partial charge >= 0.3 is 0 Å². The van der Waals surface area contributed by atoms with Crippen LogP contribution in [-0.2, 0) is 0 Å². The number of hydrogen-bond donors (Lipinski definition) is 2. The summed E-state index contributed by atoms with van der Waals surface area (Å²) in [4.78, 5) is 21.0. The molecular formula is C5H6N2O2. The molecule has 1 aromatic heterocycles. The average Bonchev–Trinajstić information content (AvgIpc) is 1.80. The molecule has 0 atom stereocenters. The van der Waals surface area contributed by atoms with Crippen molar-refractivity contribution in [3.05, 3.63) is 32.3 Å². The Kier molecular flexibility index (Phi) is 1.22. The molecule has 2 N–H and O–H groups in total. The van der Waals surface area contributed by atoms with Crippen molar-refractivity contribution in [1.29, 1.82) is 0 Å². The molecule has 0 aliphatic heterocycles. The van der Waals surface area contributed by atoms with Crippen LogP contribution in [0.15, 0.2) is 15.7 Å². The molecule has 1 aromatic rings. The average molecular weight is 126 g/mol. The van der Waals surface area contributed by atoms with Crippen molar-refractivity contribution >= 4 is 0 Å². The summed E-state index contributed by atoms with van der Waals surface area (Å²) >= 11 is 0. The summed E-state index contributed by atoms with van der Waals surface area (Å²) in [5.74, 6) is 0. The van der Waals surface area contributed by atoms with Crippen LogP contribution in [0.4, 0.5) is 0 Å². The Labute approximate surface area is 50.5 Å². The molecule has 0 saturated heterocycles. The summed E-state index contributed by atoms with van der Waals surface area (Å²) in [6, 6.07) is 1.25. The van der Waals surface area contributed by atoms with Crippen LogP contribution in [0.3, 0.4) is 0 Å². The van der Waals surface area contributed by atoms with E-state index in [0.717, 1.165) is 0 Å². The molecule has 0 saturated carbocycles. The number of aryl methyl sites for hydroxylation is 1. The first-order valence-electron chi connectivity index (χ1n) is 2.49. The third-order valence-electron chi connectivity index (χ3n) is 1.00. The first-order valence-corrected chi connectivity index (χ1v) is 2.49. The van der Waals surface area contributed by atoms with Gasteiger partial charge in [0.05, 0.1) is 0 Å². The Hall–Kier alpha value is -1.32. The lowest BCUT2D eigenvalue weighted by Crippen LogP contribution is -2.19. The van der Waals surface area contributed by atoms with Crippen molar-refractivity contribution in [2.75, 3.05) is 0 Å². The van der Waals surface area contributed by atoms with Crippen LogP contribution >= 0.6 is 0 Å². The molecule has 0 aromatic carbocycles. The second kappa shape index (κ2) is 1.89. The van der Waals surface area contributed by atoms with E-state index < -0.39 is 0 Å². The number of hydrogen-bond acceptors (Lipinski definition) is 2. The van der Waals surface area contributed by atoms with Crippen molar-refractivity contribution in [1.82, 2.24) is 10.2 Å². The van der Waals surface area contributed by atoms with Crippen LogP contribution in [0.25, 0.3) is 0 Å². The van der Waals surface area contributed by atoms with E-state index in [9.17, 15) is 9.59 Å². The maximum atomic E-state index is 10.5. The van der Waals surface area contributed by atoms with Gasteiger partial charge in [0.2, 0.25) is 0 Å². The molecule has 1 heterocycles. The molecule has 4 nitrogen and oxygen atoms in total. The van der Waals surface area contributed by atoms with Gasteiger partial charge in [-0.2, -0.15) is 0 Å². The van der Waals surface area contributed by atoms with E-state index >= 15 is 0 Å². The van der Waals surface area contributed by atoms with Crippen LogP contribution in [0.1, 0.15) is 5.56 Å². The van der Waals surface area contributed by atoms with Gasteiger partial charge < -0.3 is 0 Å². The summed E-state index contributed by atoms with van der Waals surface area (Å²) in [6.07, 6.45) is 0. The van der Waals surface area contributed by atoms with Crippen LogP contribution < -0.4 is 11.1 Å². The highest BCUT2D eigenvalue weighted by atomic mass is 16.1. The van der Waals surface area contributed by atoms with Crippen LogP contribution in [-0.4, -0.2) is 10.2 Å². The Bertz CT molecular complexity index is 309. The molecule has 0 unspecified atom stereocenters.